The van der Waals surface area contributed by atoms with E-state index < -0.39 is 15.1 Å². The third-order valence-corrected chi connectivity index (χ3v) is 6.76. The maximum Gasteiger partial charge on any atom is 0.182 e. The first kappa shape index (κ1) is 12.8. The second-order valence-electron chi connectivity index (χ2n) is 4.86. The van der Waals surface area contributed by atoms with Gasteiger partial charge in [-0.05, 0) is 18.9 Å². The number of hydrogen-bond acceptors (Lipinski definition) is 4. The van der Waals surface area contributed by atoms with Gasteiger partial charge >= 0.3 is 0 Å². The van der Waals surface area contributed by atoms with Gasteiger partial charge in [-0.2, -0.15) is 0 Å². The van der Waals surface area contributed by atoms with E-state index in [2.05, 4.69) is 0 Å². The molecule has 1 saturated heterocycles. The summed E-state index contributed by atoms with van der Waals surface area (Å²) in [4.78, 5) is 12.5. The molecule has 0 aliphatic carbocycles. The third-order valence-electron chi connectivity index (χ3n) is 3.62. The highest BCUT2D eigenvalue weighted by Gasteiger charge is 2.36. The highest BCUT2D eigenvalue weighted by molar-refractivity contribution is 7.92. The molecule has 2 heterocycles. The van der Waals surface area contributed by atoms with E-state index in [1.807, 2.05) is 24.3 Å². The van der Waals surface area contributed by atoms with Crippen LogP contribution in [0.2, 0.25) is 0 Å². The van der Waals surface area contributed by atoms with Crippen molar-refractivity contribution in [3.8, 4) is 0 Å². The number of carbonyl (C=O) groups is 1. The van der Waals surface area contributed by atoms with Crippen LogP contribution in [-0.2, 0) is 9.84 Å². The van der Waals surface area contributed by atoms with Gasteiger partial charge in [0.1, 0.15) is 5.25 Å². The summed E-state index contributed by atoms with van der Waals surface area (Å²) in [6.07, 6.45) is 1.96. The topological polar surface area (TPSA) is 51.2 Å². The molecule has 1 aromatic carbocycles. The normalized spacial score (nSPS) is 22.4. The lowest BCUT2D eigenvalue weighted by Gasteiger charge is -2.20. The van der Waals surface area contributed by atoms with E-state index in [0.717, 1.165) is 16.5 Å². The summed E-state index contributed by atoms with van der Waals surface area (Å²) >= 11 is 1.49. The fourth-order valence-electron chi connectivity index (χ4n) is 2.59. The van der Waals surface area contributed by atoms with E-state index in [4.69, 9.17) is 0 Å². The van der Waals surface area contributed by atoms with Crippen LogP contribution in [0, 0.1) is 0 Å². The van der Waals surface area contributed by atoms with Gasteiger partial charge in [0.15, 0.2) is 15.6 Å². The van der Waals surface area contributed by atoms with E-state index in [1.54, 1.807) is 5.38 Å². The zero-order valence-electron chi connectivity index (χ0n) is 10.3. The Labute approximate surface area is 116 Å². The van der Waals surface area contributed by atoms with Crippen molar-refractivity contribution in [1.82, 2.24) is 0 Å². The van der Waals surface area contributed by atoms with Gasteiger partial charge in [0.25, 0.3) is 0 Å². The Morgan fingerprint density at radius 3 is 2.79 bits per heavy atom. The lowest BCUT2D eigenvalue weighted by Crippen LogP contribution is -2.35. The average Bonchev–Trinajstić information content (AvgIpc) is 2.81. The Hall–Kier alpha value is -1.20. The molecule has 100 valence electrons. The molecule has 1 atom stereocenters. The molecule has 1 aliphatic rings. The highest BCUT2D eigenvalue weighted by atomic mass is 32.2. The summed E-state index contributed by atoms with van der Waals surface area (Å²) in [6, 6.07) is 7.63. The average molecular weight is 294 g/mol. The minimum absolute atomic E-state index is 0.144. The van der Waals surface area contributed by atoms with Crippen LogP contribution in [0.1, 0.15) is 29.6 Å². The zero-order chi connectivity index (χ0) is 13.5. The van der Waals surface area contributed by atoms with Gasteiger partial charge in [-0.1, -0.05) is 24.6 Å². The van der Waals surface area contributed by atoms with Crippen molar-refractivity contribution in [2.75, 3.05) is 5.75 Å². The molecule has 0 N–H and O–H groups in total. The molecule has 0 saturated carbocycles. The smallest absolute Gasteiger partial charge is 0.182 e. The van der Waals surface area contributed by atoms with Crippen LogP contribution in [-0.4, -0.2) is 25.2 Å². The maximum absolute atomic E-state index is 12.5. The largest absolute Gasteiger partial charge is 0.293 e. The molecular weight excluding hydrogens is 280 g/mol. The van der Waals surface area contributed by atoms with E-state index in [1.165, 1.54) is 11.3 Å². The van der Waals surface area contributed by atoms with Crippen LogP contribution in [0.4, 0.5) is 0 Å². The predicted octanol–water partition coefficient (Wildman–Crippen LogP) is 3.05. The molecule has 0 spiro atoms. The van der Waals surface area contributed by atoms with Crippen molar-refractivity contribution in [3.63, 3.8) is 0 Å². The van der Waals surface area contributed by atoms with Crippen molar-refractivity contribution in [2.24, 2.45) is 0 Å². The van der Waals surface area contributed by atoms with Gasteiger partial charge in [0, 0.05) is 21.0 Å². The first-order valence-corrected chi connectivity index (χ1v) is 8.91. The molecule has 1 unspecified atom stereocenters. The van der Waals surface area contributed by atoms with Crippen molar-refractivity contribution >= 4 is 37.0 Å². The summed E-state index contributed by atoms with van der Waals surface area (Å²) in [5.41, 5.74) is 0.566. The van der Waals surface area contributed by atoms with Crippen LogP contribution < -0.4 is 0 Å². The lowest BCUT2D eigenvalue weighted by molar-refractivity contribution is 0.0983. The van der Waals surface area contributed by atoms with E-state index >= 15 is 0 Å². The first-order valence-electron chi connectivity index (χ1n) is 6.31. The van der Waals surface area contributed by atoms with Crippen molar-refractivity contribution in [2.45, 2.75) is 24.5 Å². The number of benzene rings is 1. The molecule has 0 bridgehead atoms. The SMILES string of the molecule is O=C(c1csc2ccccc12)C1CCCCS1(=O)=O. The maximum atomic E-state index is 12.5. The van der Waals surface area contributed by atoms with Gasteiger partial charge < -0.3 is 0 Å². The number of sulfone groups is 1. The van der Waals surface area contributed by atoms with Crippen molar-refractivity contribution in [1.29, 1.82) is 0 Å². The fraction of sp³-hybridized carbons (Fsp3) is 0.357. The third kappa shape index (κ3) is 2.21. The van der Waals surface area contributed by atoms with E-state index in [9.17, 15) is 13.2 Å². The molecule has 1 aliphatic heterocycles. The quantitative estimate of drug-likeness (QED) is 0.800. The predicted molar refractivity (Wildman–Crippen MR) is 77.6 cm³/mol. The van der Waals surface area contributed by atoms with Crippen LogP contribution >= 0.6 is 11.3 Å². The van der Waals surface area contributed by atoms with E-state index in [0.29, 0.717) is 18.4 Å². The van der Waals surface area contributed by atoms with Gasteiger partial charge in [-0.25, -0.2) is 8.42 Å². The molecule has 19 heavy (non-hydrogen) atoms. The van der Waals surface area contributed by atoms with Crippen LogP contribution in [0.3, 0.4) is 0 Å². The first-order chi connectivity index (χ1) is 9.09. The Morgan fingerprint density at radius 1 is 1.21 bits per heavy atom. The summed E-state index contributed by atoms with van der Waals surface area (Å²) in [6.45, 7) is 0. The van der Waals surface area contributed by atoms with Gasteiger partial charge in [-0.15, -0.1) is 11.3 Å². The number of hydrogen-bond donors (Lipinski definition) is 0. The molecule has 5 heteroatoms. The fourth-order valence-corrected chi connectivity index (χ4v) is 5.41. The van der Waals surface area contributed by atoms with Crippen LogP contribution in [0.15, 0.2) is 29.6 Å². The second-order valence-corrected chi connectivity index (χ2v) is 8.08. The van der Waals surface area contributed by atoms with Crippen LogP contribution in [0.5, 0.6) is 0 Å². The summed E-state index contributed by atoms with van der Waals surface area (Å²) < 4.78 is 25.1. The molecular formula is C14H14O3S2. The standard InChI is InChI=1S/C14H14O3S2/c15-14(13-7-3-4-8-19(13,16)17)11-9-18-12-6-2-1-5-10(11)12/h1-2,5-6,9,13H,3-4,7-8H2. The summed E-state index contributed by atoms with van der Waals surface area (Å²) in [7, 11) is -3.26. The second kappa shape index (κ2) is 4.72. The minimum Gasteiger partial charge on any atom is -0.293 e. The summed E-state index contributed by atoms with van der Waals surface area (Å²) in [5, 5.41) is 1.83. The van der Waals surface area contributed by atoms with E-state index in [-0.39, 0.29) is 11.5 Å². The number of rotatable bonds is 2. The zero-order valence-corrected chi connectivity index (χ0v) is 12.0. The molecule has 0 radical (unpaired) electrons. The van der Waals surface area contributed by atoms with Crippen molar-refractivity contribution < 1.29 is 13.2 Å². The number of Topliss-reactive ketones (excluding diaryl/α,β-unsaturated/α-hetero) is 1. The van der Waals surface area contributed by atoms with Crippen LogP contribution in [0.25, 0.3) is 10.1 Å². The molecule has 1 aromatic heterocycles. The Kier molecular flexibility index (Phi) is 3.19. The Bertz CT molecular complexity index is 728. The molecule has 0 amide bonds. The number of fused-ring (bicyclic) bond motifs is 1. The molecule has 2 aromatic rings. The number of carbonyl (C=O) groups excluding carboxylic acids is 1. The van der Waals surface area contributed by atoms with Crippen molar-refractivity contribution in [3.05, 3.63) is 35.2 Å². The molecule has 3 nitrogen and oxygen atoms in total. The van der Waals surface area contributed by atoms with Gasteiger partial charge in [0.2, 0.25) is 0 Å². The Balaban J connectivity index is 2.04. The summed E-state index contributed by atoms with van der Waals surface area (Å²) in [5.74, 6) is -0.0805. The monoisotopic (exact) mass is 294 g/mol. The molecule has 1 fully saturated rings. The number of ketones is 1. The lowest BCUT2D eigenvalue weighted by atomic mass is 10.0. The minimum atomic E-state index is -3.26. The number of thiophene rings is 1. The Morgan fingerprint density at radius 2 is 2.00 bits per heavy atom. The molecule has 3 rings (SSSR count). The highest BCUT2D eigenvalue weighted by Crippen LogP contribution is 2.30. The van der Waals surface area contributed by atoms with Gasteiger partial charge in [0.05, 0.1) is 5.75 Å². The van der Waals surface area contributed by atoms with Gasteiger partial charge in [-0.3, -0.25) is 4.79 Å².